The maximum atomic E-state index is 6.13. The highest BCUT2D eigenvalue weighted by atomic mass is 16.5. The molecule has 29 heavy (non-hydrogen) atoms. The molecule has 2 fully saturated rings. The van der Waals surface area contributed by atoms with Gasteiger partial charge in [-0.05, 0) is 30.5 Å². The lowest BCUT2D eigenvalue weighted by Gasteiger charge is -2.36. The normalized spacial score (nSPS) is 22.5. The minimum absolute atomic E-state index is 0.245. The Bertz CT molecular complexity index is 782. The van der Waals surface area contributed by atoms with Crippen molar-refractivity contribution in [2.45, 2.75) is 32.0 Å². The molecule has 2 aliphatic rings. The van der Waals surface area contributed by atoms with Crippen LogP contribution in [0.2, 0.25) is 0 Å². The van der Waals surface area contributed by atoms with Crippen LogP contribution in [0.4, 0.5) is 0 Å². The molecule has 2 unspecified atom stereocenters. The number of aromatic nitrogens is 1. The van der Waals surface area contributed by atoms with E-state index in [0.717, 1.165) is 58.3 Å². The van der Waals surface area contributed by atoms with Crippen LogP contribution in [0.15, 0.2) is 59.9 Å². The quantitative estimate of drug-likeness (QED) is 0.602. The van der Waals surface area contributed by atoms with Crippen LogP contribution in [-0.4, -0.2) is 72.2 Å². The maximum absolute atomic E-state index is 6.13. The first-order valence-corrected chi connectivity index (χ1v) is 10.6. The van der Waals surface area contributed by atoms with Crippen molar-refractivity contribution in [1.82, 2.24) is 20.1 Å². The summed E-state index contributed by atoms with van der Waals surface area (Å²) in [4.78, 5) is 14.0. The van der Waals surface area contributed by atoms with Crippen LogP contribution in [-0.2, 0) is 17.7 Å². The second kappa shape index (κ2) is 9.85. The molecule has 0 saturated carbocycles. The first kappa shape index (κ1) is 19.9. The van der Waals surface area contributed by atoms with Crippen molar-refractivity contribution in [3.05, 3.63) is 66.0 Å². The van der Waals surface area contributed by atoms with E-state index in [1.807, 2.05) is 18.5 Å². The summed E-state index contributed by atoms with van der Waals surface area (Å²) in [6.45, 7) is 8.37. The van der Waals surface area contributed by atoms with Gasteiger partial charge in [0.25, 0.3) is 0 Å². The molecule has 2 saturated heterocycles. The molecule has 1 N–H and O–H groups in total. The Balaban J connectivity index is 1.40. The van der Waals surface area contributed by atoms with Crippen LogP contribution in [0.3, 0.4) is 0 Å². The number of fused-ring (bicyclic) bond motifs is 1. The fourth-order valence-electron chi connectivity index (χ4n) is 4.21. The number of nitrogens with one attached hydrogen (secondary N) is 1. The van der Waals surface area contributed by atoms with Gasteiger partial charge in [-0.1, -0.05) is 36.4 Å². The Kier molecular flexibility index (Phi) is 6.75. The zero-order valence-corrected chi connectivity index (χ0v) is 17.2. The highest BCUT2D eigenvalue weighted by Crippen LogP contribution is 2.24. The van der Waals surface area contributed by atoms with Crippen molar-refractivity contribution in [1.29, 1.82) is 0 Å². The molecule has 6 nitrogen and oxygen atoms in total. The Morgan fingerprint density at radius 2 is 2.03 bits per heavy atom. The van der Waals surface area contributed by atoms with Gasteiger partial charge in [0.2, 0.25) is 0 Å². The molecule has 1 aromatic heterocycles. The van der Waals surface area contributed by atoms with Gasteiger partial charge in [-0.15, -0.1) is 0 Å². The fourth-order valence-corrected chi connectivity index (χ4v) is 4.21. The van der Waals surface area contributed by atoms with Gasteiger partial charge in [-0.25, -0.2) is 0 Å². The lowest BCUT2D eigenvalue weighted by molar-refractivity contribution is -0.0502. The molecule has 1 aromatic carbocycles. The minimum atomic E-state index is 0.245. The molecular formula is C23H31N5O. The molecule has 0 amide bonds. The third-order valence-corrected chi connectivity index (χ3v) is 5.66. The van der Waals surface area contributed by atoms with Crippen LogP contribution in [0.25, 0.3) is 0 Å². The van der Waals surface area contributed by atoms with E-state index >= 15 is 0 Å². The molecule has 0 aliphatic carbocycles. The lowest BCUT2D eigenvalue weighted by Crippen LogP contribution is -2.50. The third kappa shape index (κ3) is 5.14. The van der Waals surface area contributed by atoms with Crippen molar-refractivity contribution < 1.29 is 4.74 Å². The largest absolute Gasteiger partial charge is 0.373 e. The van der Waals surface area contributed by atoms with Crippen LogP contribution in [0.1, 0.15) is 18.1 Å². The van der Waals surface area contributed by atoms with E-state index in [0.29, 0.717) is 6.04 Å². The van der Waals surface area contributed by atoms with Crippen molar-refractivity contribution in [2.24, 2.45) is 4.99 Å². The SMILES string of the molecule is CCNC(=NCCc1cccnc1)N1CC2OCCN(Cc3ccccc3)C2C1. The van der Waals surface area contributed by atoms with Crippen LogP contribution in [0.5, 0.6) is 0 Å². The molecule has 154 valence electrons. The van der Waals surface area contributed by atoms with E-state index in [1.165, 1.54) is 11.1 Å². The number of aliphatic imine (C=N–C) groups is 1. The van der Waals surface area contributed by atoms with E-state index in [-0.39, 0.29) is 6.10 Å². The predicted octanol–water partition coefficient (Wildman–Crippen LogP) is 2.17. The van der Waals surface area contributed by atoms with Crippen LogP contribution < -0.4 is 5.32 Å². The van der Waals surface area contributed by atoms with Gasteiger partial charge in [-0.2, -0.15) is 0 Å². The molecule has 2 aliphatic heterocycles. The molecule has 6 heteroatoms. The van der Waals surface area contributed by atoms with E-state index in [1.54, 1.807) is 0 Å². The molecule has 0 bridgehead atoms. The van der Waals surface area contributed by atoms with E-state index < -0.39 is 0 Å². The summed E-state index contributed by atoms with van der Waals surface area (Å²) in [5.41, 5.74) is 2.59. The number of likely N-dealkylation sites (tertiary alicyclic amines) is 1. The second-order valence-corrected chi connectivity index (χ2v) is 7.68. The first-order valence-electron chi connectivity index (χ1n) is 10.6. The molecule has 0 spiro atoms. The van der Waals surface area contributed by atoms with Crippen molar-refractivity contribution >= 4 is 5.96 Å². The molecule has 4 rings (SSSR count). The van der Waals surface area contributed by atoms with E-state index in [2.05, 4.69) is 63.4 Å². The number of guanidine groups is 1. The summed E-state index contributed by atoms with van der Waals surface area (Å²) < 4.78 is 6.13. The molecular weight excluding hydrogens is 362 g/mol. The number of ether oxygens (including phenoxy) is 1. The van der Waals surface area contributed by atoms with Gasteiger partial charge in [0.05, 0.1) is 18.8 Å². The summed E-state index contributed by atoms with van der Waals surface area (Å²) in [6.07, 6.45) is 4.88. The fraction of sp³-hybridized carbons (Fsp3) is 0.478. The summed E-state index contributed by atoms with van der Waals surface area (Å²) in [5.74, 6) is 0.994. The number of pyridine rings is 1. The van der Waals surface area contributed by atoms with Crippen LogP contribution >= 0.6 is 0 Å². The number of rotatable bonds is 6. The average molecular weight is 394 g/mol. The lowest BCUT2D eigenvalue weighted by atomic mass is 10.1. The molecule has 0 radical (unpaired) electrons. The Hall–Kier alpha value is -2.44. The summed E-state index contributed by atoms with van der Waals surface area (Å²) in [7, 11) is 0. The Labute approximate surface area is 173 Å². The molecule has 2 atom stereocenters. The van der Waals surface area contributed by atoms with Gasteiger partial charge in [0, 0.05) is 51.7 Å². The number of hydrogen-bond donors (Lipinski definition) is 1. The standard InChI is InChI=1S/C23H31N5O/c1-2-25-23(26-12-10-19-9-6-11-24-15-19)28-17-21-22(18-28)29-14-13-27(21)16-20-7-4-3-5-8-20/h3-9,11,15,21-22H,2,10,12-14,16-18H2,1H3,(H,25,26). The Morgan fingerprint density at radius 1 is 1.17 bits per heavy atom. The van der Waals surface area contributed by atoms with E-state index in [4.69, 9.17) is 9.73 Å². The predicted molar refractivity (Wildman–Crippen MR) is 116 cm³/mol. The Morgan fingerprint density at radius 3 is 2.83 bits per heavy atom. The summed E-state index contributed by atoms with van der Waals surface area (Å²) in [6, 6.07) is 15.2. The zero-order chi connectivity index (χ0) is 19.9. The van der Waals surface area contributed by atoms with Crippen molar-refractivity contribution in [3.8, 4) is 0 Å². The maximum Gasteiger partial charge on any atom is 0.194 e. The van der Waals surface area contributed by atoms with E-state index in [9.17, 15) is 0 Å². The number of morpholine rings is 1. The zero-order valence-electron chi connectivity index (χ0n) is 17.2. The highest BCUT2D eigenvalue weighted by molar-refractivity contribution is 5.80. The summed E-state index contributed by atoms with van der Waals surface area (Å²) in [5, 5.41) is 3.47. The van der Waals surface area contributed by atoms with Gasteiger partial charge >= 0.3 is 0 Å². The van der Waals surface area contributed by atoms with Crippen molar-refractivity contribution in [2.75, 3.05) is 39.3 Å². The van der Waals surface area contributed by atoms with Gasteiger partial charge in [-0.3, -0.25) is 14.9 Å². The minimum Gasteiger partial charge on any atom is -0.373 e. The third-order valence-electron chi connectivity index (χ3n) is 5.66. The monoisotopic (exact) mass is 393 g/mol. The average Bonchev–Trinajstić information content (AvgIpc) is 3.20. The first-order chi connectivity index (χ1) is 14.3. The van der Waals surface area contributed by atoms with Crippen LogP contribution in [0, 0.1) is 0 Å². The molecule has 3 heterocycles. The second-order valence-electron chi connectivity index (χ2n) is 7.68. The summed E-state index contributed by atoms with van der Waals surface area (Å²) >= 11 is 0. The van der Waals surface area contributed by atoms with Crippen molar-refractivity contribution in [3.63, 3.8) is 0 Å². The van der Waals surface area contributed by atoms with Gasteiger partial charge in [0.15, 0.2) is 5.96 Å². The highest BCUT2D eigenvalue weighted by Gasteiger charge is 2.41. The van der Waals surface area contributed by atoms with Gasteiger partial charge < -0.3 is 15.0 Å². The molecule has 2 aromatic rings. The number of benzene rings is 1. The number of hydrogen-bond acceptors (Lipinski definition) is 4. The van der Waals surface area contributed by atoms with Gasteiger partial charge in [0.1, 0.15) is 0 Å². The smallest absolute Gasteiger partial charge is 0.194 e. The number of nitrogens with zero attached hydrogens (tertiary/aromatic N) is 4. The topological polar surface area (TPSA) is 53.0 Å².